The average Bonchev–Trinajstić information content (AvgIpc) is 2.71. The lowest BCUT2D eigenvalue weighted by Crippen LogP contribution is -2.43. The molecule has 0 spiro atoms. The quantitative estimate of drug-likeness (QED) is 0.675. The summed E-state index contributed by atoms with van der Waals surface area (Å²) >= 11 is 0. The maximum atomic E-state index is 12.1. The predicted molar refractivity (Wildman–Crippen MR) is 69.8 cm³/mol. The van der Waals surface area contributed by atoms with Crippen LogP contribution < -0.4 is 0 Å². The molecule has 1 aliphatic rings. The molecule has 1 aromatic heterocycles. The van der Waals surface area contributed by atoms with E-state index in [1.807, 2.05) is 27.7 Å². The molecule has 2 heterocycles. The van der Waals surface area contributed by atoms with E-state index in [9.17, 15) is 4.79 Å². The Morgan fingerprint density at radius 1 is 1.53 bits per heavy atom. The largest absolute Gasteiger partial charge is 0.444 e. The molecule has 1 atom stereocenters. The zero-order valence-electron chi connectivity index (χ0n) is 11.7. The molecule has 0 saturated carbocycles. The Morgan fingerprint density at radius 2 is 2.21 bits per heavy atom. The van der Waals surface area contributed by atoms with E-state index >= 15 is 0 Å². The van der Waals surface area contributed by atoms with Gasteiger partial charge in [0, 0.05) is 6.54 Å². The van der Waals surface area contributed by atoms with Crippen LogP contribution in [-0.4, -0.2) is 32.9 Å². The number of rotatable bonds is 0. The van der Waals surface area contributed by atoms with E-state index in [1.165, 1.54) is 0 Å². The van der Waals surface area contributed by atoms with E-state index in [4.69, 9.17) is 11.3 Å². The van der Waals surface area contributed by atoms with E-state index < -0.39 is 5.60 Å². The standard InChI is InChI=1S/C13H18N4O2/c1-9-10-8-11(14-5)15-17(10)7-6-16(9)12(18)19-13(2,3)4/h8-9H,6-7H2,1-4H3/t9-/m1/s1. The molecule has 0 aliphatic carbocycles. The van der Waals surface area contributed by atoms with Gasteiger partial charge in [-0.3, -0.25) is 4.90 Å². The minimum absolute atomic E-state index is 0.133. The number of ether oxygens (including phenoxy) is 1. The highest BCUT2D eigenvalue weighted by Crippen LogP contribution is 2.29. The van der Waals surface area contributed by atoms with Gasteiger partial charge in [-0.2, -0.15) is 4.68 Å². The summed E-state index contributed by atoms with van der Waals surface area (Å²) in [6.45, 7) is 15.6. The molecule has 0 radical (unpaired) electrons. The maximum absolute atomic E-state index is 12.1. The van der Waals surface area contributed by atoms with Gasteiger partial charge in [0.2, 0.25) is 0 Å². The Kier molecular flexibility index (Phi) is 3.23. The van der Waals surface area contributed by atoms with Crippen molar-refractivity contribution in [3.05, 3.63) is 23.2 Å². The Morgan fingerprint density at radius 3 is 2.79 bits per heavy atom. The first-order valence-electron chi connectivity index (χ1n) is 6.26. The van der Waals surface area contributed by atoms with Crippen molar-refractivity contribution >= 4 is 11.9 Å². The number of amides is 1. The van der Waals surface area contributed by atoms with Gasteiger partial charge in [0.15, 0.2) is 0 Å². The van der Waals surface area contributed by atoms with E-state index in [2.05, 4.69) is 9.94 Å². The number of carbonyl (C=O) groups is 1. The van der Waals surface area contributed by atoms with Crippen LogP contribution in [0.4, 0.5) is 10.6 Å². The van der Waals surface area contributed by atoms with Crippen LogP contribution >= 0.6 is 0 Å². The number of hydrogen-bond donors (Lipinski definition) is 0. The van der Waals surface area contributed by atoms with Crippen LogP contribution in [0.25, 0.3) is 4.85 Å². The molecule has 0 fully saturated rings. The highest BCUT2D eigenvalue weighted by molar-refractivity contribution is 5.69. The lowest BCUT2D eigenvalue weighted by molar-refractivity contribution is 0.0120. The number of carbonyl (C=O) groups excluding carboxylic acids is 1. The molecular formula is C13H18N4O2. The lowest BCUT2D eigenvalue weighted by Gasteiger charge is -2.34. The van der Waals surface area contributed by atoms with Crippen molar-refractivity contribution in [2.45, 2.75) is 45.9 Å². The molecule has 1 aliphatic heterocycles. The zero-order chi connectivity index (χ0) is 14.2. The first-order chi connectivity index (χ1) is 8.81. The Labute approximate surface area is 112 Å². The van der Waals surface area contributed by atoms with Gasteiger partial charge >= 0.3 is 6.09 Å². The van der Waals surface area contributed by atoms with Gasteiger partial charge in [0.05, 0.1) is 18.3 Å². The molecule has 1 aromatic rings. The molecule has 2 rings (SSSR count). The van der Waals surface area contributed by atoms with Crippen LogP contribution in [0.5, 0.6) is 0 Å². The van der Waals surface area contributed by atoms with E-state index in [0.29, 0.717) is 18.9 Å². The molecule has 0 aromatic carbocycles. The van der Waals surface area contributed by atoms with Crippen LogP contribution in [0.15, 0.2) is 6.07 Å². The minimum atomic E-state index is -0.504. The lowest BCUT2D eigenvalue weighted by atomic mass is 10.1. The third-order valence-electron chi connectivity index (χ3n) is 2.99. The first-order valence-corrected chi connectivity index (χ1v) is 6.26. The summed E-state index contributed by atoms with van der Waals surface area (Å²) in [5.74, 6) is 0.368. The monoisotopic (exact) mass is 262 g/mol. The molecule has 6 nitrogen and oxygen atoms in total. The summed E-state index contributed by atoms with van der Waals surface area (Å²) in [5, 5.41) is 4.17. The third kappa shape index (κ3) is 2.70. The predicted octanol–water partition coefficient (Wildman–Crippen LogP) is 2.75. The summed E-state index contributed by atoms with van der Waals surface area (Å²) in [4.78, 5) is 17.1. The second kappa shape index (κ2) is 4.57. The SMILES string of the molecule is [C-]#[N+]c1cc2n(n1)CCN(C(=O)OC(C)(C)C)[C@@H]2C. The zero-order valence-corrected chi connectivity index (χ0v) is 11.7. The van der Waals surface area contributed by atoms with Crippen LogP contribution in [0.1, 0.15) is 39.4 Å². The molecule has 0 bridgehead atoms. The Hall–Kier alpha value is -2.03. The van der Waals surface area contributed by atoms with Crippen LogP contribution in [0.2, 0.25) is 0 Å². The highest BCUT2D eigenvalue weighted by atomic mass is 16.6. The highest BCUT2D eigenvalue weighted by Gasteiger charge is 2.33. The molecule has 0 unspecified atom stereocenters. The normalized spacial score (nSPS) is 18.7. The number of hydrogen-bond acceptors (Lipinski definition) is 3. The summed E-state index contributed by atoms with van der Waals surface area (Å²) in [5.41, 5.74) is 0.374. The number of fused-ring (bicyclic) bond motifs is 1. The summed E-state index contributed by atoms with van der Waals surface area (Å²) in [6.07, 6.45) is -0.322. The van der Waals surface area contributed by atoms with Gasteiger partial charge in [0.25, 0.3) is 5.82 Å². The van der Waals surface area contributed by atoms with Gasteiger partial charge in [-0.15, -0.1) is 0 Å². The van der Waals surface area contributed by atoms with Crippen molar-refractivity contribution in [1.29, 1.82) is 0 Å². The third-order valence-corrected chi connectivity index (χ3v) is 2.99. The van der Waals surface area contributed by atoms with Crippen molar-refractivity contribution in [2.24, 2.45) is 0 Å². The molecular weight excluding hydrogens is 244 g/mol. The van der Waals surface area contributed by atoms with Crippen molar-refractivity contribution in [3.63, 3.8) is 0 Å². The molecule has 0 saturated heterocycles. The summed E-state index contributed by atoms with van der Waals surface area (Å²) in [7, 11) is 0. The average molecular weight is 262 g/mol. The Bertz CT molecular complexity index is 536. The topological polar surface area (TPSA) is 51.7 Å². The summed E-state index contributed by atoms with van der Waals surface area (Å²) < 4.78 is 7.18. The molecule has 6 heteroatoms. The van der Waals surface area contributed by atoms with Gasteiger partial charge in [-0.05, 0) is 38.9 Å². The molecule has 0 N–H and O–H groups in total. The van der Waals surface area contributed by atoms with Gasteiger partial charge in [0.1, 0.15) is 5.60 Å². The van der Waals surface area contributed by atoms with E-state index in [1.54, 1.807) is 15.6 Å². The number of aromatic nitrogens is 2. The second-order valence-corrected chi connectivity index (χ2v) is 5.61. The van der Waals surface area contributed by atoms with Crippen molar-refractivity contribution in [1.82, 2.24) is 14.7 Å². The fourth-order valence-corrected chi connectivity index (χ4v) is 2.11. The van der Waals surface area contributed by atoms with Crippen LogP contribution in [0, 0.1) is 6.57 Å². The fourth-order valence-electron chi connectivity index (χ4n) is 2.11. The van der Waals surface area contributed by atoms with Crippen molar-refractivity contribution in [2.75, 3.05) is 6.54 Å². The second-order valence-electron chi connectivity index (χ2n) is 5.61. The first kappa shape index (κ1) is 13.4. The minimum Gasteiger partial charge on any atom is -0.444 e. The summed E-state index contributed by atoms with van der Waals surface area (Å²) in [6, 6.07) is 1.60. The van der Waals surface area contributed by atoms with Crippen molar-refractivity contribution in [3.8, 4) is 0 Å². The van der Waals surface area contributed by atoms with Gasteiger partial charge in [-0.25, -0.2) is 4.79 Å². The van der Waals surface area contributed by atoms with Crippen molar-refractivity contribution < 1.29 is 9.53 Å². The van der Waals surface area contributed by atoms with E-state index in [-0.39, 0.29) is 12.1 Å². The van der Waals surface area contributed by atoms with Crippen LogP contribution in [0.3, 0.4) is 0 Å². The smallest absolute Gasteiger partial charge is 0.410 e. The number of nitrogens with zero attached hydrogens (tertiary/aromatic N) is 4. The fraction of sp³-hybridized carbons (Fsp3) is 0.615. The molecule has 19 heavy (non-hydrogen) atoms. The molecule has 1 amide bonds. The maximum Gasteiger partial charge on any atom is 0.410 e. The van der Waals surface area contributed by atoms with Gasteiger partial charge in [-0.1, -0.05) is 6.57 Å². The van der Waals surface area contributed by atoms with Gasteiger partial charge < -0.3 is 9.58 Å². The van der Waals surface area contributed by atoms with Crippen LogP contribution in [-0.2, 0) is 11.3 Å². The van der Waals surface area contributed by atoms with E-state index in [0.717, 1.165) is 5.69 Å². The molecule has 102 valence electrons. The Balaban J connectivity index is 2.19.